The zero-order chi connectivity index (χ0) is 19.9. The van der Waals surface area contributed by atoms with Crippen molar-refractivity contribution in [3.63, 3.8) is 0 Å². The molecule has 0 fully saturated rings. The Balaban J connectivity index is 1.64. The third-order valence-electron chi connectivity index (χ3n) is 5.26. The van der Waals surface area contributed by atoms with Gasteiger partial charge in [-0.05, 0) is 73.4 Å². The molecule has 3 rings (SSSR count). The van der Waals surface area contributed by atoms with Crippen molar-refractivity contribution in [1.82, 2.24) is 10.2 Å². The van der Waals surface area contributed by atoms with Crippen molar-refractivity contribution in [2.24, 2.45) is 5.92 Å². The fraction of sp³-hybridized carbons (Fsp3) is 0.500. The summed E-state index contributed by atoms with van der Waals surface area (Å²) >= 11 is 0. The molecule has 0 aromatic heterocycles. The van der Waals surface area contributed by atoms with Gasteiger partial charge in [0.15, 0.2) is 0 Å². The predicted octanol–water partition coefficient (Wildman–Crippen LogP) is 4.29. The molecule has 0 spiro atoms. The molecule has 1 atom stereocenters. The lowest BCUT2D eigenvalue weighted by atomic mass is 9.84. The first kappa shape index (κ1) is 20.7. The highest BCUT2D eigenvalue weighted by Gasteiger charge is 2.25. The summed E-state index contributed by atoms with van der Waals surface area (Å²) in [5.41, 5.74) is 4.11. The van der Waals surface area contributed by atoms with Crippen LogP contribution in [-0.2, 0) is 6.54 Å². The molecule has 0 saturated heterocycles. The number of likely N-dealkylation sites (N-methyl/N-ethyl adjacent to an activating group) is 1. The Morgan fingerprint density at radius 2 is 1.86 bits per heavy atom. The summed E-state index contributed by atoms with van der Waals surface area (Å²) in [5, 5.41) is 3.46. The minimum atomic E-state index is 0.383. The number of rotatable bonds is 9. The van der Waals surface area contributed by atoms with Crippen LogP contribution in [0.3, 0.4) is 0 Å². The summed E-state index contributed by atoms with van der Waals surface area (Å²) in [6, 6.07) is 15.1. The smallest absolute Gasteiger partial charge is 0.119 e. The zero-order valence-corrected chi connectivity index (χ0v) is 17.7. The second-order valence-electron chi connectivity index (χ2n) is 8.18. The molecule has 4 heteroatoms. The molecule has 1 aliphatic rings. The average Bonchev–Trinajstić information content (AvgIpc) is 2.69. The largest absolute Gasteiger partial charge is 0.497 e. The lowest BCUT2D eigenvalue weighted by Gasteiger charge is -2.33. The molecule has 0 radical (unpaired) electrons. The molecule has 1 heterocycles. The van der Waals surface area contributed by atoms with E-state index in [4.69, 9.17) is 9.47 Å². The van der Waals surface area contributed by atoms with Crippen LogP contribution < -0.4 is 14.8 Å². The van der Waals surface area contributed by atoms with E-state index in [9.17, 15) is 0 Å². The van der Waals surface area contributed by atoms with Crippen molar-refractivity contribution in [3.8, 4) is 11.5 Å². The van der Waals surface area contributed by atoms with Crippen molar-refractivity contribution < 1.29 is 9.47 Å². The van der Waals surface area contributed by atoms with Crippen LogP contribution in [0.1, 0.15) is 42.9 Å². The summed E-state index contributed by atoms with van der Waals surface area (Å²) in [5.74, 6) is 2.96. The lowest BCUT2D eigenvalue weighted by Crippen LogP contribution is -2.31. The number of ether oxygens (including phenoxy) is 2. The minimum absolute atomic E-state index is 0.383. The van der Waals surface area contributed by atoms with E-state index in [2.05, 4.69) is 73.6 Å². The highest BCUT2D eigenvalue weighted by molar-refractivity contribution is 5.45. The maximum absolute atomic E-state index is 6.01. The van der Waals surface area contributed by atoms with Gasteiger partial charge in [0.2, 0.25) is 0 Å². The van der Waals surface area contributed by atoms with Gasteiger partial charge in [-0.2, -0.15) is 0 Å². The average molecular weight is 383 g/mol. The number of nitrogens with zero attached hydrogens (tertiary/aromatic N) is 1. The Hall–Kier alpha value is -2.04. The summed E-state index contributed by atoms with van der Waals surface area (Å²) in [4.78, 5) is 2.39. The Kier molecular flexibility index (Phi) is 7.35. The van der Waals surface area contributed by atoms with Crippen LogP contribution >= 0.6 is 0 Å². The highest BCUT2D eigenvalue weighted by atomic mass is 16.5. The van der Waals surface area contributed by atoms with Gasteiger partial charge in [0.05, 0.1) is 13.7 Å². The van der Waals surface area contributed by atoms with Gasteiger partial charge in [0.25, 0.3) is 0 Å². The molecule has 4 nitrogen and oxygen atoms in total. The van der Waals surface area contributed by atoms with Crippen LogP contribution in [0, 0.1) is 5.92 Å². The second-order valence-corrected chi connectivity index (χ2v) is 8.18. The molecule has 1 N–H and O–H groups in total. The second kappa shape index (κ2) is 9.94. The molecule has 2 aromatic rings. The van der Waals surface area contributed by atoms with E-state index in [0.29, 0.717) is 11.8 Å². The van der Waals surface area contributed by atoms with Crippen LogP contribution in [0.4, 0.5) is 0 Å². The molecule has 152 valence electrons. The van der Waals surface area contributed by atoms with Crippen LogP contribution in [0.5, 0.6) is 11.5 Å². The van der Waals surface area contributed by atoms with Crippen molar-refractivity contribution in [3.05, 3.63) is 59.2 Å². The lowest BCUT2D eigenvalue weighted by molar-refractivity contribution is 0.288. The van der Waals surface area contributed by atoms with Gasteiger partial charge in [-0.3, -0.25) is 0 Å². The molecule has 0 saturated carbocycles. The van der Waals surface area contributed by atoms with Gasteiger partial charge < -0.3 is 19.7 Å². The number of methoxy groups -OCH3 is 1. The predicted molar refractivity (Wildman–Crippen MR) is 115 cm³/mol. The fourth-order valence-corrected chi connectivity index (χ4v) is 3.81. The number of benzene rings is 2. The highest BCUT2D eigenvalue weighted by Crippen LogP contribution is 2.35. The van der Waals surface area contributed by atoms with Crippen LogP contribution in [0.15, 0.2) is 42.5 Å². The molecule has 28 heavy (non-hydrogen) atoms. The summed E-state index contributed by atoms with van der Waals surface area (Å²) < 4.78 is 11.3. The topological polar surface area (TPSA) is 33.7 Å². The summed E-state index contributed by atoms with van der Waals surface area (Å²) in [6.45, 7) is 9.28. The van der Waals surface area contributed by atoms with Gasteiger partial charge in [0, 0.05) is 19.0 Å². The number of hydrogen-bond acceptors (Lipinski definition) is 4. The van der Waals surface area contributed by atoms with Gasteiger partial charge in [-0.25, -0.2) is 0 Å². The quantitative estimate of drug-likeness (QED) is 0.656. The third kappa shape index (κ3) is 5.49. The molecule has 0 aliphatic carbocycles. The Labute approximate surface area is 169 Å². The molecule has 1 unspecified atom stereocenters. The van der Waals surface area contributed by atoms with E-state index in [1.165, 1.54) is 16.7 Å². The minimum Gasteiger partial charge on any atom is -0.497 e. The fourth-order valence-electron chi connectivity index (χ4n) is 3.81. The first-order chi connectivity index (χ1) is 13.6. The molecule has 0 amide bonds. The number of hydrogen-bond donors (Lipinski definition) is 1. The van der Waals surface area contributed by atoms with Gasteiger partial charge in [-0.15, -0.1) is 0 Å². The third-order valence-corrected chi connectivity index (χ3v) is 5.26. The first-order valence-electron chi connectivity index (χ1n) is 10.4. The van der Waals surface area contributed by atoms with E-state index in [1.54, 1.807) is 7.11 Å². The van der Waals surface area contributed by atoms with Crippen molar-refractivity contribution in [2.45, 2.75) is 32.7 Å². The van der Waals surface area contributed by atoms with Crippen molar-refractivity contribution >= 4 is 0 Å². The molecular weight excluding hydrogens is 348 g/mol. The van der Waals surface area contributed by atoms with E-state index >= 15 is 0 Å². The molecule has 1 aliphatic heterocycles. The van der Waals surface area contributed by atoms with E-state index < -0.39 is 0 Å². The standard InChI is InChI=1S/C24H34N2O2/c1-18(2)15-25-12-5-13-28-22-10-11-23-20(14-22)16-26(3)17-24(23)19-6-8-21(27-4)9-7-19/h6-11,14,18,24-25H,5,12-13,15-17H2,1-4H3. The van der Waals surface area contributed by atoms with E-state index in [-0.39, 0.29) is 0 Å². The Morgan fingerprint density at radius 1 is 1.11 bits per heavy atom. The SMILES string of the molecule is COc1ccc(C2CN(C)Cc3cc(OCCCNCC(C)C)ccc32)cc1. The maximum atomic E-state index is 6.01. The van der Waals surface area contributed by atoms with E-state index in [0.717, 1.165) is 50.7 Å². The summed E-state index contributed by atoms with van der Waals surface area (Å²) in [7, 11) is 3.90. The van der Waals surface area contributed by atoms with Gasteiger partial charge in [0.1, 0.15) is 11.5 Å². The monoisotopic (exact) mass is 382 g/mol. The van der Waals surface area contributed by atoms with Crippen LogP contribution in [0.2, 0.25) is 0 Å². The van der Waals surface area contributed by atoms with E-state index in [1.807, 2.05) is 0 Å². The summed E-state index contributed by atoms with van der Waals surface area (Å²) in [6.07, 6.45) is 1.03. The first-order valence-corrected chi connectivity index (χ1v) is 10.4. The zero-order valence-electron chi connectivity index (χ0n) is 17.7. The van der Waals surface area contributed by atoms with Crippen molar-refractivity contribution in [2.75, 3.05) is 40.4 Å². The Bertz CT molecular complexity index is 743. The van der Waals surface area contributed by atoms with Crippen molar-refractivity contribution in [1.29, 1.82) is 0 Å². The number of fused-ring (bicyclic) bond motifs is 1. The maximum Gasteiger partial charge on any atom is 0.119 e. The van der Waals surface area contributed by atoms with Crippen LogP contribution in [-0.4, -0.2) is 45.3 Å². The molecular formula is C24H34N2O2. The molecule has 2 aromatic carbocycles. The van der Waals surface area contributed by atoms with Gasteiger partial charge in [-0.1, -0.05) is 32.0 Å². The van der Waals surface area contributed by atoms with Gasteiger partial charge >= 0.3 is 0 Å². The molecule has 0 bridgehead atoms. The number of nitrogens with one attached hydrogen (secondary N) is 1. The van der Waals surface area contributed by atoms with Crippen LogP contribution in [0.25, 0.3) is 0 Å². The normalized spacial score (nSPS) is 16.8. The Morgan fingerprint density at radius 3 is 2.57 bits per heavy atom.